The quantitative estimate of drug-likeness (QED) is 0.605. The van der Waals surface area contributed by atoms with Gasteiger partial charge in [-0.3, -0.25) is 4.79 Å². The summed E-state index contributed by atoms with van der Waals surface area (Å²) in [6.45, 7) is 1.74. The van der Waals surface area contributed by atoms with Crippen LogP contribution in [0.1, 0.15) is 41.0 Å². The number of fused-ring (bicyclic) bond motifs is 1. The maximum absolute atomic E-state index is 14.5. The van der Waals surface area contributed by atoms with Crippen molar-refractivity contribution in [2.45, 2.75) is 19.4 Å². The van der Waals surface area contributed by atoms with E-state index < -0.39 is 17.8 Å². The molecule has 0 amide bonds. The Morgan fingerprint density at radius 1 is 1.24 bits per heavy atom. The summed E-state index contributed by atoms with van der Waals surface area (Å²) in [5.41, 5.74) is 1.50. The van der Waals surface area contributed by atoms with E-state index in [0.29, 0.717) is 32.6 Å². The van der Waals surface area contributed by atoms with Gasteiger partial charge in [0.05, 0.1) is 11.6 Å². The number of ketones is 1. The van der Waals surface area contributed by atoms with Crippen LogP contribution in [-0.2, 0) is 4.79 Å². The molecule has 0 bridgehead atoms. The van der Waals surface area contributed by atoms with Gasteiger partial charge in [0, 0.05) is 33.5 Å². The molecule has 0 fully saturated rings. The highest BCUT2D eigenvalue weighted by Crippen LogP contribution is 2.39. The number of hydrogen-bond donors (Lipinski definition) is 1. The van der Waals surface area contributed by atoms with Crippen molar-refractivity contribution in [2.75, 3.05) is 0 Å². The first-order chi connectivity index (χ1) is 13.9. The number of nitrogens with zero attached hydrogens (tertiary/aromatic N) is 1. The van der Waals surface area contributed by atoms with Crippen LogP contribution in [0.2, 0.25) is 5.02 Å². The van der Waals surface area contributed by atoms with Gasteiger partial charge in [-0.1, -0.05) is 48.0 Å². The molecule has 2 aromatic carbocycles. The average molecular weight is 410 g/mol. The molecule has 6 heteroatoms. The molecule has 3 aromatic rings. The molecule has 1 N–H and O–H groups in total. The lowest BCUT2D eigenvalue weighted by atomic mass is 9.93. The zero-order chi connectivity index (χ0) is 20.7. The first kappa shape index (κ1) is 19.2. The zero-order valence-electron chi connectivity index (χ0n) is 15.5. The van der Waals surface area contributed by atoms with Gasteiger partial charge in [-0.15, -0.1) is 0 Å². The number of carboxylic acids is 1. The smallest absolute Gasteiger partial charge is 0.353 e. The molecule has 146 valence electrons. The molecule has 4 nitrogen and oxygen atoms in total. The molecule has 1 aliphatic rings. The third-order valence-electron chi connectivity index (χ3n) is 5.18. The van der Waals surface area contributed by atoms with Crippen molar-refractivity contribution in [3.05, 3.63) is 88.4 Å². The summed E-state index contributed by atoms with van der Waals surface area (Å²) >= 11 is 6.19. The van der Waals surface area contributed by atoms with Gasteiger partial charge in [-0.25, -0.2) is 9.18 Å². The highest BCUT2D eigenvalue weighted by Gasteiger charge is 2.30. The number of hydrogen-bond acceptors (Lipinski definition) is 2. The number of carbonyl (C=O) groups excluding carboxylic acids is 1. The average Bonchev–Trinajstić information content (AvgIpc) is 3.02. The van der Waals surface area contributed by atoms with E-state index in [1.807, 2.05) is 0 Å². The summed E-state index contributed by atoms with van der Waals surface area (Å²) in [4.78, 5) is 24.9. The van der Waals surface area contributed by atoms with Gasteiger partial charge in [-0.2, -0.15) is 0 Å². The van der Waals surface area contributed by atoms with Crippen LogP contribution in [0.5, 0.6) is 0 Å². The number of benzene rings is 2. The van der Waals surface area contributed by atoms with E-state index in [0.717, 1.165) is 0 Å². The summed E-state index contributed by atoms with van der Waals surface area (Å²) in [7, 11) is 0. The predicted molar refractivity (Wildman–Crippen MR) is 111 cm³/mol. The maximum atomic E-state index is 14.5. The number of Topliss-reactive ketones (excluding diaryl/α,β-unsaturated/α-hetero) is 1. The lowest BCUT2D eigenvalue weighted by Gasteiger charge is -2.19. The van der Waals surface area contributed by atoms with E-state index in [2.05, 4.69) is 0 Å². The minimum atomic E-state index is -1.20. The van der Waals surface area contributed by atoms with Crippen LogP contribution >= 0.6 is 11.6 Å². The van der Waals surface area contributed by atoms with Gasteiger partial charge in [0.1, 0.15) is 11.5 Å². The van der Waals surface area contributed by atoms with E-state index in [-0.39, 0.29) is 17.9 Å². The van der Waals surface area contributed by atoms with Crippen molar-refractivity contribution in [1.29, 1.82) is 0 Å². The predicted octanol–water partition coefficient (Wildman–Crippen LogP) is 5.65. The van der Waals surface area contributed by atoms with Gasteiger partial charge in [0.2, 0.25) is 0 Å². The van der Waals surface area contributed by atoms with Gasteiger partial charge in [0.15, 0.2) is 5.78 Å². The lowest BCUT2D eigenvalue weighted by Crippen LogP contribution is -2.17. The standard InChI is InChI=1S/C23H17ClFNO3/c1-13(15-6-2-4-8-18(15)25)26-19-11-10-14(24)12-17(19)21(22(26)23(28)29)16-7-3-5-9-20(16)27/h2-8,10-13H,9H2,1H3,(H,28,29). The van der Waals surface area contributed by atoms with E-state index in [9.17, 15) is 19.1 Å². The van der Waals surface area contributed by atoms with Crippen LogP contribution in [0.15, 0.2) is 60.7 Å². The van der Waals surface area contributed by atoms with Crippen molar-refractivity contribution in [3.8, 4) is 0 Å². The lowest BCUT2D eigenvalue weighted by molar-refractivity contribution is -0.113. The second kappa shape index (κ2) is 7.33. The molecular weight excluding hydrogens is 393 g/mol. The Kier molecular flexibility index (Phi) is 4.84. The summed E-state index contributed by atoms with van der Waals surface area (Å²) in [6, 6.07) is 10.6. The molecule has 1 heterocycles. The van der Waals surface area contributed by atoms with Crippen molar-refractivity contribution < 1.29 is 19.1 Å². The number of halogens is 2. The third-order valence-corrected chi connectivity index (χ3v) is 5.42. The van der Waals surface area contributed by atoms with Crippen molar-refractivity contribution in [3.63, 3.8) is 0 Å². The van der Waals surface area contributed by atoms with E-state index in [1.54, 1.807) is 66.1 Å². The fraction of sp³-hybridized carbons (Fsp3) is 0.130. The number of rotatable bonds is 4. The van der Waals surface area contributed by atoms with Gasteiger partial charge < -0.3 is 9.67 Å². The summed E-state index contributed by atoms with van der Waals surface area (Å²) < 4.78 is 16.1. The fourth-order valence-corrected chi connectivity index (χ4v) is 4.06. The Balaban J connectivity index is 2.10. The Bertz CT molecular complexity index is 1220. The topological polar surface area (TPSA) is 59.3 Å². The van der Waals surface area contributed by atoms with Crippen LogP contribution in [-0.4, -0.2) is 21.4 Å². The Morgan fingerprint density at radius 3 is 2.69 bits per heavy atom. The van der Waals surface area contributed by atoms with Crippen LogP contribution in [0.4, 0.5) is 4.39 Å². The minimum absolute atomic E-state index is 0.0621. The number of allylic oxidation sites excluding steroid dienone is 4. The van der Waals surface area contributed by atoms with Crippen LogP contribution in [0.25, 0.3) is 16.5 Å². The van der Waals surface area contributed by atoms with Crippen LogP contribution < -0.4 is 0 Å². The molecule has 1 aromatic heterocycles. The summed E-state index contributed by atoms with van der Waals surface area (Å²) in [5, 5.41) is 11.1. The Morgan fingerprint density at radius 2 is 2.00 bits per heavy atom. The highest BCUT2D eigenvalue weighted by molar-refractivity contribution is 6.32. The summed E-state index contributed by atoms with van der Waals surface area (Å²) in [6.07, 6.45) is 5.27. The summed E-state index contributed by atoms with van der Waals surface area (Å²) in [5.74, 6) is -1.80. The molecule has 29 heavy (non-hydrogen) atoms. The van der Waals surface area contributed by atoms with Gasteiger partial charge >= 0.3 is 5.97 Å². The molecule has 1 atom stereocenters. The molecule has 0 saturated heterocycles. The SMILES string of the molecule is CC(c1ccccc1F)n1c(C(=O)O)c(C2=CC=CCC2=O)c2cc(Cl)ccc21. The van der Waals surface area contributed by atoms with Crippen molar-refractivity contribution in [2.24, 2.45) is 0 Å². The second-order valence-electron chi connectivity index (χ2n) is 6.89. The van der Waals surface area contributed by atoms with Crippen molar-refractivity contribution in [1.82, 2.24) is 4.57 Å². The van der Waals surface area contributed by atoms with Gasteiger partial charge in [-0.05, 0) is 31.2 Å². The van der Waals surface area contributed by atoms with Gasteiger partial charge in [0.25, 0.3) is 0 Å². The first-order valence-corrected chi connectivity index (χ1v) is 9.49. The molecule has 4 rings (SSSR count). The molecule has 0 aliphatic heterocycles. The molecule has 1 unspecified atom stereocenters. The number of carboxylic acid groups (broad SMARTS) is 1. The minimum Gasteiger partial charge on any atom is -0.477 e. The molecule has 0 saturated carbocycles. The fourth-order valence-electron chi connectivity index (χ4n) is 3.89. The van der Waals surface area contributed by atoms with Crippen LogP contribution in [0, 0.1) is 5.82 Å². The number of carbonyl (C=O) groups is 2. The Hall–Kier alpha value is -3.18. The normalized spacial score (nSPS) is 14.9. The van der Waals surface area contributed by atoms with Crippen LogP contribution in [0.3, 0.4) is 0 Å². The van der Waals surface area contributed by atoms with E-state index in [4.69, 9.17) is 11.6 Å². The third kappa shape index (κ3) is 3.17. The number of aromatic nitrogens is 1. The molecular formula is C23H17ClFNO3. The van der Waals surface area contributed by atoms with E-state index >= 15 is 0 Å². The monoisotopic (exact) mass is 409 g/mol. The highest BCUT2D eigenvalue weighted by atomic mass is 35.5. The second-order valence-corrected chi connectivity index (χ2v) is 7.33. The molecule has 0 spiro atoms. The van der Waals surface area contributed by atoms with Crippen molar-refractivity contribution >= 4 is 39.8 Å². The maximum Gasteiger partial charge on any atom is 0.353 e. The zero-order valence-corrected chi connectivity index (χ0v) is 16.3. The largest absolute Gasteiger partial charge is 0.477 e. The number of aromatic carboxylic acids is 1. The van der Waals surface area contributed by atoms with E-state index in [1.165, 1.54) is 6.07 Å². The Labute approximate surface area is 171 Å². The molecule has 1 aliphatic carbocycles. The molecule has 0 radical (unpaired) electrons. The first-order valence-electron chi connectivity index (χ1n) is 9.11.